The number of aromatic hydroxyl groups is 1. The largest absolute Gasteiger partial charge is 0.507 e. The number of amides is 1. The van der Waals surface area contributed by atoms with Crippen LogP contribution in [0.15, 0.2) is 22.7 Å². The molecule has 7 heteroatoms. The zero-order valence-corrected chi connectivity index (χ0v) is 12.3. The molecule has 19 heavy (non-hydrogen) atoms. The molecule has 0 aliphatic heterocycles. The van der Waals surface area contributed by atoms with E-state index in [1.807, 2.05) is 22.6 Å². The fourth-order valence-electron chi connectivity index (χ4n) is 1.48. The van der Waals surface area contributed by atoms with Gasteiger partial charge in [-0.2, -0.15) is 4.98 Å². The summed E-state index contributed by atoms with van der Waals surface area (Å²) in [7, 11) is 0. The highest BCUT2D eigenvalue weighted by atomic mass is 127. The Morgan fingerprint density at radius 2 is 2.32 bits per heavy atom. The second-order valence-corrected chi connectivity index (χ2v) is 5.07. The summed E-state index contributed by atoms with van der Waals surface area (Å²) in [5.41, 5.74) is 0.416. The summed E-state index contributed by atoms with van der Waals surface area (Å²) in [4.78, 5) is 15.8. The Kier molecular flexibility index (Phi) is 4.35. The maximum Gasteiger partial charge on any atom is 0.251 e. The Morgan fingerprint density at radius 1 is 1.53 bits per heavy atom. The second kappa shape index (κ2) is 6.00. The van der Waals surface area contributed by atoms with Gasteiger partial charge in [-0.15, -0.1) is 0 Å². The molecule has 0 atom stereocenters. The van der Waals surface area contributed by atoms with Crippen LogP contribution in [-0.4, -0.2) is 27.7 Å². The number of rotatable bonds is 4. The third-order valence-corrected chi connectivity index (χ3v) is 3.31. The molecule has 0 radical (unpaired) electrons. The molecule has 2 rings (SSSR count). The predicted molar refractivity (Wildman–Crippen MR) is 75.9 cm³/mol. The second-order valence-electron chi connectivity index (χ2n) is 3.91. The highest BCUT2D eigenvalue weighted by molar-refractivity contribution is 14.1. The lowest BCUT2D eigenvalue weighted by atomic mass is 10.2. The van der Waals surface area contributed by atoms with Gasteiger partial charge < -0.3 is 14.9 Å². The number of halogens is 1. The van der Waals surface area contributed by atoms with E-state index in [1.165, 1.54) is 6.07 Å². The molecule has 2 aromatic rings. The van der Waals surface area contributed by atoms with Crippen molar-refractivity contribution in [1.82, 2.24) is 15.5 Å². The normalized spacial score (nSPS) is 10.4. The molecule has 0 spiro atoms. The highest BCUT2D eigenvalue weighted by Gasteiger charge is 2.09. The molecule has 6 nitrogen and oxygen atoms in total. The van der Waals surface area contributed by atoms with E-state index >= 15 is 0 Å². The van der Waals surface area contributed by atoms with Gasteiger partial charge in [0.05, 0.1) is 3.57 Å². The van der Waals surface area contributed by atoms with Gasteiger partial charge in [-0.1, -0.05) is 5.16 Å². The maximum atomic E-state index is 11.8. The summed E-state index contributed by atoms with van der Waals surface area (Å²) in [6.45, 7) is 2.13. The quantitative estimate of drug-likeness (QED) is 0.796. The van der Waals surface area contributed by atoms with Crippen LogP contribution in [-0.2, 0) is 6.42 Å². The number of aromatic nitrogens is 2. The lowest BCUT2D eigenvalue weighted by Crippen LogP contribution is -2.25. The minimum absolute atomic E-state index is 0.0979. The van der Waals surface area contributed by atoms with Crippen molar-refractivity contribution >= 4 is 28.5 Å². The van der Waals surface area contributed by atoms with Crippen LogP contribution < -0.4 is 5.32 Å². The molecule has 0 saturated heterocycles. The first-order valence-electron chi connectivity index (χ1n) is 5.62. The van der Waals surface area contributed by atoms with Crippen LogP contribution in [0.4, 0.5) is 0 Å². The van der Waals surface area contributed by atoms with Gasteiger partial charge >= 0.3 is 0 Å². The van der Waals surface area contributed by atoms with E-state index in [2.05, 4.69) is 15.5 Å². The van der Waals surface area contributed by atoms with E-state index in [0.717, 1.165) is 0 Å². The molecule has 0 aliphatic rings. The lowest BCUT2D eigenvalue weighted by molar-refractivity contribution is 0.0953. The van der Waals surface area contributed by atoms with Gasteiger partial charge in [0.1, 0.15) is 5.75 Å². The Balaban J connectivity index is 1.89. The average Bonchev–Trinajstić information content (AvgIpc) is 2.78. The van der Waals surface area contributed by atoms with Crippen molar-refractivity contribution in [1.29, 1.82) is 0 Å². The van der Waals surface area contributed by atoms with Crippen molar-refractivity contribution in [3.05, 3.63) is 39.0 Å². The Morgan fingerprint density at radius 3 is 2.95 bits per heavy atom. The van der Waals surface area contributed by atoms with Crippen molar-refractivity contribution in [2.24, 2.45) is 0 Å². The summed E-state index contributed by atoms with van der Waals surface area (Å²) in [6.07, 6.45) is 0.475. The van der Waals surface area contributed by atoms with Crippen LogP contribution in [0.3, 0.4) is 0 Å². The third-order valence-electron chi connectivity index (χ3n) is 2.40. The number of carbonyl (C=O) groups is 1. The van der Waals surface area contributed by atoms with Crippen molar-refractivity contribution < 1.29 is 14.4 Å². The summed E-state index contributed by atoms with van der Waals surface area (Å²) in [5, 5.41) is 15.9. The van der Waals surface area contributed by atoms with Crippen LogP contribution >= 0.6 is 22.6 Å². The van der Waals surface area contributed by atoms with E-state index in [1.54, 1.807) is 19.1 Å². The topological polar surface area (TPSA) is 88.2 Å². The molecule has 100 valence electrons. The first kappa shape index (κ1) is 13.8. The van der Waals surface area contributed by atoms with E-state index in [-0.39, 0.29) is 11.7 Å². The molecule has 2 N–H and O–H groups in total. The van der Waals surface area contributed by atoms with E-state index in [4.69, 9.17) is 4.52 Å². The number of benzene rings is 1. The molecule has 0 unspecified atom stereocenters. The lowest BCUT2D eigenvalue weighted by Gasteiger charge is -2.04. The van der Waals surface area contributed by atoms with Gasteiger partial charge in [-0.25, -0.2) is 0 Å². The number of nitrogens with zero attached hydrogens (tertiary/aromatic N) is 2. The number of aryl methyl sites for hydroxylation is 1. The molecular weight excluding hydrogens is 361 g/mol. The van der Waals surface area contributed by atoms with Crippen LogP contribution in [0.25, 0.3) is 0 Å². The molecule has 0 bridgehead atoms. The highest BCUT2D eigenvalue weighted by Crippen LogP contribution is 2.20. The SMILES string of the molecule is Cc1noc(CCNC(=O)c2ccc(I)c(O)c2)n1. The Hall–Kier alpha value is -1.64. The van der Waals surface area contributed by atoms with Crippen LogP contribution in [0, 0.1) is 10.5 Å². The molecule has 1 aromatic heterocycles. The van der Waals surface area contributed by atoms with Gasteiger partial charge in [0.15, 0.2) is 5.82 Å². The van der Waals surface area contributed by atoms with Crippen molar-refractivity contribution in [3.8, 4) is 5.75 Å². The molecule has 1 amide bonds. The number of nitrogens with one attached hydrogen (secondary N) is 1. The van der Waals surface area contributed by atoms with Gasteiger partial charge in [-0.05, 0) is 47.7 Å². The van der Waals surface area contributed by atoms with E-state index in [0.29, 0.717) is 33.8 Å². The van der Waals surface area contributed by atoms with Gasteiger partial charge in [0.25, 0.3) is 5.91 Å². The number of phenols is 1. The molecule has 0 aliphatic carbocycles. The van der Waals surface area contributed by atoms with E-state index in [9.17, 15) is 9.90 Å². The monoisotopic (exact) mass is 373 g/mol. The number of phenolic OH excluding ortho intramolecular Hbond substituents is 1. The number of carbonyl (C=O) groups excluding carboxylic acids is 1. The summed E-state index contributed by atoms with van der Waals surface area (Å²) < 4.78 is 5.64. The fraction of sp³-hybridized carbons (Fsp3) is 0.250. The van der Waals surface area contributed by atoms with E-state index < -0.39 is 0 Å². The first-order valence-corrected chi connectivity index (χ1v) is 6.70. The molecule has 1 aromatic carbocycles. The number of hydrogen-bond acceptors (Lipinski definition) is 5. The zero-order chi connectivity index (χ0) is 13.8. The van der Waals surface area contributed by atoms with Crippen molar-refractivity contribution in [2.75, 3.05) is 6.54 Å². The summed E-state index contributed by atoms with van der Waals surface area (Å²) in [6, 6.07) is 4.79. The smallest absolute Gasteiger partial charge is 0.251 e. The predicted octanol–water partition coefficient (Wildman–Crippen LogP) is 1.66. The number of hydrogen-bond donors (Lipinski definition) is 2. The van der Waals surface area contributed by atoms with Crippen LogP contribution in [0.5, 0.6) is 5.75 Å². The molecule has 1 heterocycles. The van der Waals surface area contributed by atoms with Crippen LogP contribution in [0.2, 0.25) is 0 Å². The van der Waals surface area contributed by atoms with Gasteiger partial charge in [0.2, 0.25) is 5.89 Å². The standard InChI is InChI=1S/C12H12IN3O3/c1-7-15-11(19-16-7)4-5-14-12(18)8-2-3-9(13)10(17)6-8/h2-3,6,17H,4-5H2,1H3,(H,14,18). The minimum Gasteiger partial charge on any atom is -0.507 e. The fourth-order valence-corrected chi connectivity index (χ4v) is 1.82. The van der Waals surface area contributed by atoms with Crippen molar-refractivity contribution in [2.45, 2.75) is 13.3 Å². The Bertz CT molecular complexity index is 598. The minimum atomic E-state index is -0.247. The third kappa shape index (κ3) is 3.66. The zero-order valence-electron chi connectivity index (χ0n) is 10.2. The molecular formula is C12H12IN3O3. The summed E-state index contributed by atoms with van der Waals surface area (Å²) in [5.74, 6) is 0.913. The Labute approximate surface area is 123 Å². The summed E-state index contributed by atoms with van der Waals surface area (Å²) >= 11 is 1.99. The first-order chi connectivity index (χ1) is 9.06. The van der Waals surface area contributed by atoms with Crippen LogP contribution in [0.1, 0.15) is 22.1 Å². The molecule has 0 saturated carbocycles. The van der Waals surface area contributed by atoms with Gasteiger partial charge in [-0.3, -0.25) is 4.79 Å². The van der Waals surface area contributed by atoms with Crippen molar-refractivity contribution in [3.63, 3.8) is 0 Å². The maximum absolute atomic E-state index is 11.8. The van der Waals surface area contributed by atoms with Gasteiger partial charge in [0, 0.05) is 18.5 Å². The molecule has 0 fully saturated rings. The average molecular weight is 373 g/mol.